The summed E-state index contributed by atoms with van der Waals surface area (Å²) < 4.78 is 7.02. The van der Waals surface area contributed by atoms with Crippen LogP contribution in [-0.2, 0) is 24.3 Å². The Labute approximate surface area is 149 Å². The summed E-state index contributed by atoms with van der Waals surface area (Å²) in [4.78, 5) is 29.3. The van der Waals surface area contributed by atoms with Gasteiger partial charge in [0, 0.05) is 13.0 Å². The lowest BCUT2D eigenvalue weighted by atomic mass is 10.1. The van der Waals surface area contributed by atoms with Crippen molar-refractivity contribution >= 4 is 16.9 Å². The van der Waals surface area contributed by atoms with Gasteiger partial charge in [-0.05, 0) is 42.3 Å². The van der Waals surface area contributed by atoms with Crippen LogP contribution in [0.15, 0.2) is 47.3 Å². The van der Waals surface area contributed by atoms with Crippen LogP contribution in [0.3, 0.4) is 0 Å². The molecule has 1 aromatic heterocycles. The van der Waals surface area contributed by atoms with Gasteiger partial charge in [-0.1, -0.05) is 12.1 Å². The van der Waals surface area contributed by atoms with Crippen molar-refractivity contribution in [2.24, 2.45) is 0 Å². The second kappa shape index (κ2) is 6.45. The molecule has 6 heteroatoms. The second-order valence-electron chi connectivity index (χ2n) is 6.21. The van der Waals surface area contributed by atoms with E-state index in [4.69, 9.17) is 10.00 Å². The Hall–Kier alpha value is -3.46. The summed E-state index contributed by atoms with van der Waals surface area (Å²) >= 11 is 0. The number of aryl methyl sites for hydroxylation is 1. The van der Waals surface area contributed by atoms with E-state index in [1.807, 2.05) is 0 Å². The monoisotopic (exact) mass is 345 g/mol. The van der Waals surface area contributed by atoms with E-state index in [9.17, 15) is 9.59 Å². The minimum absolute atomic E-state index is 0.0595. The molecule has 0 fully saturated rings. The Morgan fingerprint density at radius 3 is 3.00 bits per heavy atom. The van der Waals surface area contributed by atoms with Crippen LogP contribution >= 0.6 is 0 Å². The van der Waals surface area contributed by atoms with Crippen molar-refractivity contribution in [3.8, 4) is 6.07 Å². The minimum atomic E-state index is -0.489. The third-order valence-corrected chi connectivity index (χ3v) is 4.48. The van der Waals surface area contributed by atoms with Crippen LogP contribution in [0.25, 0.3) is 10.9 Å². The van der Waals surface area contributed by atoms with Gasteiger partial charge in [0.15, 0.2) is 0 Å². The van der Waals surface area contributed by atoms with E-state index in [-0.39, 0.29) is 12.2 Å². The van der Waals surface area contributed by atoms with Gasteiger partial charge in [0.25, 0.3) is 5.56 Å². The van der Waals surface area contributed by atoms with Gasteiger partial charge in [-0.15, -0.1) is 0 Å². The number of carbonyl (C=O) groups excluding carboxylic acids is 1. The largest absolute Gasteiger partial charge is 0.457 e. The van der Waals surface area contributed by atoms with Crippen LogP contribution in [0.5, 0.6) is 0 Å². The first-order valence-corrected chi connectivity index (χ1v) is 8.35. The zero-order valence-electron chi connectivity index (χ0n) is 13.9. The van der Waals surface area contributed by atoms with E-state index >= 15 is 0 Å². The van der Waals surface area contributed by atoms with Crippen molar-refractivity contribution in [1.82, 2.24) is 9.55 Å². The quantitative estimate of drug-likeness (QED) is 0.681. The number of rotatable bonds is 3. The number of fused-ring (bicyclic) bond motifs is 2. The number of hydrogen-bond donors (Lipinski definition) is 0. The van der Waals surface area contributed by atoms with Gasteiger partial charge in [-0.3, -0.25) is 9.36 Å². The second-order valence-corrected chi connectivity index (χ2v) is 6.21. The summed E-state index contributed by atoms with van der Waals surface area (Å²) in [5.41, 5.74) is 2.07. The molecular formula is C20H15N3O3. The Morgan fingerprint density at radius 1 is 1.27 bits per heavy atom. The lowest BCUT2D eigenvalue weighted by molar-refractivity contribution is 0.0473. The molecule has 0 aliphatic carbocycles. The van der Waals surface area contributed by atoms with Crippen LogP contribution in [0, 0.1) is 11.3 Å². The standard InChI is InChI=1S/C20H15N3O3/c21-11-13-3-1-4-14(9-13)12-26-20(25)15-6-7-16-17(10-15)22-18-5-2-8-23(18)19(16)24/h1,3-4,6-7,9-10H,2,5,8,12H2. The lowest BCUT2D eigenvalue weighted by Gasteiger charge is -2.08. The van der Waals surface area contributed by atoms with Gasteiger partial charge in [-0.2, -0.15) is 5.26 Å². The number of esters is 1. The third kappa shape index (κ3) is 2.84. The molecule has 0 spiro atoms. The molecule has 128 valence electrons. The average molecular weight is 345 g/mol. The Bertz CT molecular complexity index is 1130. The molecule has 1 aliphatic heterocycles. The first-order valence-electron chi connectivity index (χ1n) is 8.35. The van der Waals surface area contributed by atoms with Gasteiger partial charge in [0.2, 0.25) is 0 Å². The molecule has 0 radical (unpaired) electrons. The van der Waals surface area contributed by atoms with Crippen molar-refractivity contribution in [1.29, 1.82) is 5.26 Å². The number of carbonyl (C=O) groups is 1. The highest BCUT2D eigenvalue weighted by Crippen LogP contribution is 2.17. The fourth-order valence-corrected chi connectivity index (χ4v) is 3.17. The molecule has 0 saturated heterocycles. The van der Waals surface area contributed by atoms with Crippen LogP contribution in [0.1, 0.15) is 33.7 Å². The zero-order valence-corrected chi connectivity index (χ0v) is 13.9. The third-order valence-electron chi connectivity index (χ3n) is 4.48. The fraction of sp³-hybridized carbons (Fsp3) is 0.200. The molecule has 2 heterocycles. The van der Waals surface area contributed by atoms with Gasteiger partial charge in [-0.25, -0.2) is 9.78 Å². The summed E-state index contributed by atoms with van der Waals surface area (Å²) in [6.07, 6.45) is 1.68. The normalized spacial score (nSPS) is 12.6. The zero-order chi connectivity index (χ0) is 18.1. The maximum Gasteiger partial charge on any atom is 0.338 e. The van der Waals surface area contributed by atoms with Crippen LogP contribution in [-0.4, -0.2) is 15.5 Å². The number of aromatic nitrogens is 2. The SMILES string of the molecule is N#Cc1cccc(COC(=O)c2ccc3c(=O)n4c(nc3c2)CCC4)c1. The van der Waals surface area contributed by atoms with E-state index in [1.165, 1.54) is 0 Å². The van der Waals surface area contributed by atoms with Crippen molar-refractivity contribution < 1.29 is 9.53 Å². The van der Waals surface area contributed by atoms with Crippen molar-refractivity contribution in [2.45, 2.75) is 26.0 Å². The highest BCUT2D eigenvalue weighted by atomic mass is 16.5. The molecule has 0 N–H and O–H groups in total. The molecule has 6 nitrogen and oxygen atoms in total. The van der Waals surface area contributed by atoms with Crippen LogP contribution < -0.4 is 5.56 Å². The number of hydrogen-bond acceptors (Lipinski definition) is 5. The summed E-state index contributed by atoms with van der Waals surface area (Å²) in [6, 6.07) is 13.8. The van der Waals surface area contributed by atoms with E-state index in [2.05, 4.69) is 11.1 Å². The molecule has 0 bridgehead atoms. The summed E-state index contributed by atoms with van der Waals surface area (Å²) in [7, 11) is 0. The summed E-state index contributed by atoms with van der Waals surface area (Å²) in [6.45, 7) is 0.773. The van der Waals surface area contributed by atoms with E-state index in [0.717, 1.165) is 24.2 Å². The highest BCUT2D eigenvalue weighted by Gasteiger charge is 2.17. The molecule has 1 aliphatic rings. The van der Waals surface area contributed by atoms with Crippen LogP contribution in [0.2, 0.25) is 0 Å². The maximum atomic E-state index is 12.5. The molecular weight excluding hydrogens is 330 g/mol. The Morgan fingerprint density at radius 2 is 2.15 bits per heavy atom. The minimum Gasteiger partial charge on any atom is -0.457 e. The molecule has 2 aromatic carbocycles. The molecule has 0 saturated carbocycles. The molecule has 26 heavy (non-hydrogen) atoms. The van der Waals surface area contributed by atoms with E-state index in [0.29, 0.717) is 28.6 Å². The molecule has 0 atom stereocenters. The van der Waals surface area contributed by atoms with E-state index < -0.39 is 5.97 Å². The Balaban J connectivity index is 1.58. The van der Waals surface area contributed by atoms with Crippen LogP contribution in [0.4, 0.5) is 0 Å². The number of nitriles is 1. The summed E-state index contributed by atoms with van der Waals surface area (Å²) in [5.74, 6) is 0.276. The van der Waals surface area contributed by atoms with Crippen molar-refractivity contribution in [3.63, 3.8) is 0 Å². The fourth-order valence-electron chi connectivity index (χ4n) is 3.17. The molecule has 0 amide bonds. The first-order chi connectivity index (χ1) is 12.7. The predicted molar refractivity (Wildman–Crippen MR) is 94.6 cm³/mol. The van der Waals surface area contributed by atoms with Gasteiger partial charge in [0.05, 0.1) is 28.1 Å². The molecule has 4 rings (SSSR count). The number of benzene rings is 2. The molecule has 3 aromatic rings. The topological polar surface area (TPSA) is 85.0 Å². The number of ether oxygens (including phenoxy) is 1. The van der Waals surface area contributed by atoms with Gasteiger partial charge in [0.1, 0.15) is 12.4 Å². The highest BCUT2D eigenvalue weighted by molar-refractivity contribution is 5.94. The molecule has 0 unspecified atom stereocenters. The maximum absolute atomic E-state index is 12.5. The van der Waals surface area contributed by atoms with E-state index in [1.54, 1.807) is 47.0 Å². The van der Waals surface area contributed by atoms with Crippen molar-refractivity contribution in [3.05, 3.63) is 75.3 Å². The average Bonchev–Trinajstić information content (AvgIpc) is 3.14. The smallest absolute Gasteiger partial charge is 0.338 e. The first kappa shape index (κ1) is 16.0. The summed E-state index contributed by atoms with van der Waals surface area (Å²) in [5, 5.41) is 9.42. The lowest BCUT2D eigenvalue weighted by Crippen LogP contribution is -2.21. The van der Waals surface area contributed by atoms with Gasteiger partial charge < -0.3 is 4.74 Å². The Kier molecular flexibility index (Phi) is 3.98. The number of nitrogens with zero attached hydrogens (tertiary/aromatic N) is 3. The predicted octanol–water partition coefficient (Wildman–Crippen LogP) is 2.57. The van der Waals surface area contributed by atoms with Crippen molar-refractivity contribution in [2.75, 3.05) is 0 Å². The van der Waals surface area contributed by atoms with Gasteiger partial charge >= 0.3 is 5.97 Å².